The lowest BCUT2D eigenvalue weighted by Gasteiger charge is -2.43. The van der Waals surface area contributed by atoms with Gasteiger partial charge in [-0.05, 0) is 26.3 Å². The van der Waals surface area contributed by atoms with Crippen LogP contribution in [-0.4, -0.2) is 35.0 Å². The molecule has 0 bridgehead atoms. The minimum atomic E-state index is -1.42. The van der Waals surface area contributed by atoms with Crippen LogP contribution in [0.3, 0.4) is 0 Å². The number of fused-ring (bicyclic) bond motifs is 1. The SMILES string of the molecule is CC1(C)CC(OCCCO)(C(=O)O)c2ccccc2O1. The maximum atomic E-state index is 11.9. The number of benzene rings is 1. The molecule has 1 atom stereocenters. The van der Waals surface area contributed by atoms with Gasteiger partial charge in [-0.3, -0.25) is 0 Å². The van der Waals surface area contributed by atoms with Crippen LogP contribution < -0.4 is 4.74 Å². The summed E-state index contributed by atoms with van der Waals surface area (Å²) in [5.41, 5.74) is -1.52. The standard InChI is InChI=1S/C15H20O5/c1-14(2)10-15(13(17)18,19-9-5-8-16)11-6-3-4-7-12(11)20-14/h3-4,6-7,16H,5,8-10H2,1-2H3,(H,17,18). The van der Waals surface area contributed by atoms with E-state index in [1.807, 2.05) is 13.8 Å². The summed E-state index contributed by atoms with van der Waals surface area (Å²) in [7, 11) is 0. The first-order valence-electron chi connectivity index (χ1n) is 6.68. The van der Waals surface area contributed by atoms with Crippen molar-refractivity contribution < 1.29 is 24.5 Å². The van der Waals surface area contributed by atoms with Crippen molar-refractivity contribution in [3.05, 3.63) is 29.8 Å². The van der Waals surface area contributed by atoms with E-state index in [4.69, 9.17) is 14.6 Å². The van der Waals surface area contributed by atoms with Gasteiger partial charge in [0, 0.05) is 18.6 Å². The lowest BCUT2D eigenvalue weighted by Crippen LogP contribution is -2.50. The number of aliphatic carboxylic acids is 1. The molecular weight excluding hydrogens is 260 g/mol. The van der Waals surface area contributed by atoms with Crippen molar-refractivity contribution in [1.82, 2.24) is 0 Å². The first-order valence-corrected chi connectivity index (χ1v) is 6.68. The monoisotopic (exact) mass is 280 g/mol. The highest BCUT2D eigenvalue weighted by molar-refractivity contribution is 5.81. The maximum Gasteiger partial charge on any atom is 0.340 e. The Morgan fingerprint density at radius 1 is 1.40 bits per heavy atom. The van der Waals surface area contributed by atoms with Gasteiger partial charge in [-0.1, -0.05) is 18.2 Å². The molecular formula is C15H20O5. The molecule has 5 heteroatoms. The first-order chi connectivity index (χ1) is 9.41. The number of hydrogen-bond acceptors (Lipinski definition) is 4. The molecule has 0 aromatic heterocycles. The second-order valence-electron chi connectivity index (χ2n) is 5.59. The number of ether oxygens (including phenoxy) is 2. The van der Waals surface area contributed by atoms with E-state index in [1.54, 1.807) is 24.3 Å². The number of aliphatic hydroxyl groups is 1. The third kappa shape index (κ3) is 2.64. The van der Waals surface area contributed by atoms with Crippen LogP contribution in [-0.2, 0) is 15.1 Å². The van der Waals surface area contributed by atoms with Gasteiger partial charge in [0.1, 0.15) is 11.4 Å². The Labute approximate surface area is 118 Å². The lowest BCUT2D eigenvalue weighted by atomic mass is 9.80. The molecule has 20 heavy (non-hydrogen) atoms. The van der Waals surface area contributed by atoms with Crippen LogP contribution in [0.2, 0.25) is 0 Å². The normalized spacial score (nSPS) is 23.8. The zero-order valence-corrected chi connectivity index (χ0v) is 11.8. The second kappa shape index (κ2) is 5.42. The van der Waals surface area contributed by atoms with Crippen molar-refractivity contribution in [3.63, 3.8) is 0 Å². The lowest BCUT2D eigenvalue weighted by molar-refractivity contribution is -0.180. The van der Waals surface area contributed by atoms with Crippen molar-refractivity contribution in [2.45, 2.75) is 37.9 Å². The van der Waals surface area contributed by atoms with Crippen molar-refractivity contribution in [2.75, 3.05) is 13.2 Å². The van der Waals surface area contributed by atoms with E-state index in [2.05, 4.69) is 0 Å². The first kappa shape index (κ1) is 14.8. The smallest absolute Gasteiger partial charge is 0.340 e. The van der Waals surface area contributed by atoms with Gasteiger partial charge in [-0.2, -0.15) is 0 Å². The highest BCUT2D eigenvalue weighted by atomic mass is 16.5. The summed E-state index contributed by atoms with van der Waals surface area (Å²) in [6, 6.07) is 7.05. The minimum Gasteiger partial charge on any atom is -0.487 e. The van der Waals surface area contributed by atoms with Gasteiger partial charge in [0.15, 0.2) is 5.60 Å². The maximum absolute atomic E-state index is 11.9. The van der Waals surface area contributed by atoms with E-state index in [0.717, 1.165) is 0 Å². The number of rotatable bonds is 5. The fraction of sp³-hybridized carbons (Fsp3) is 0.533. The molecule has 0 fully saturated rings. The van der Waals surface area contributed by atoms with Gasteiger partial charge in [-0.25, -0.2) is 4.79 Å². The predicted molar refractivity (Wildman–Crippen MR) is 72.7 cm³/mol. The Hall–Kier alpha value is -1.59. The molecule has 0 spiro atoms. The number of aliphatic hydroxyl groups excluding tert-OH is 1. The van der Waals surface area contributed by atoms with Gasteiger partial charge >= 0.3 is 5.97 Å². The van der Waals surface area contributed by atoms with E-state index < -0.39 is 17.2 Å². The number of hydrogen-bond donors (Lipinski definition) is 2. The Morgan fingerprint density at radius 2 is 2.10 bits per heavy atom. The fourth-order valence-electron chi connectivity index (χ4n) is 2.61. The number of para-hydroxylation sites is 1. The summed E-state index contributed by atoms with van der Waals surface area (Å²) in [4.78, 5) is 11.9. The molecule has 1 heterocycles. The molecule has 2 rings (SSSR count). The zero-order chi connectivity index (χ0) is 14.8. The van der Waals surface area contributed by atoms with E-state index in [-0.39, 0.29) is 19.6 Å². The molecule has 1 unspecified atom stereocenters. The fourth-order valence-corrected chi connectivity index (χ4v) is 2.61. The van der Waals surface area contributed by atoms with Crippen molar-refractivity contribution >= 4 is 5.97 Å². The van der Waals surface area contributed by atoms with Gasteiger partial charge in [0.2, 0.25) is 0 Å². The van der Waals surface area contributed by atoms with E-state index in [9.17, 15) is 9.90 Å². The summed E-state index contributed by atoms with van der Waals surface area (Å²) < 4.78 is 11.5. The molecule has 0 radical (unpaired) electrons. The van der Waals surface area contributed by atoms with Gasteiger partial charge in [0.25, 0.3) is 0 Å². The number of carbonyl (C=O) groups is 1. The Bertz CT molecular complexity index is 497. The third-order valence-corrected chi connectivity index (χ3v) is 3.38. The summed E-state index contributed by atoms with van der Waals surface area (Å²) in [6.07, 6.45) is 0.621. The molecule has 1 aliphatic heterocycles. The molecule has 5 nitrogen and oxygen atoms in total. The van der Waals surface area contributed by atoms with Crippen LogP contribution in [0.25, 0.3) is 0 Å². The number of carboxylic acids is 1. The average molecular weight is 280 g/mol. The molecule has 110 valence electrons. The summed E-state index contributed by atoms with van der Waals surface area (Å²) in [6.45, 7) is 3.84. The highest BCUT2D eigenvalue weighted by Gasteiger charge is 2.51. The quantitative estimate of drug-likeness (QED) is 0.806. The van der Waals surface area contributed by atoms with Crippen LogP contribution in [0.1, 0.15) is 32.3 Å². The molecule has 1 aromatic carbocycles. The summed E-state index contributed by atoms with van der Waals surface area (Å²) in [5, 5.41) is 18.6. The molecule has 1 aliphatic rings. The Kier molecular flexibility index (Phi) is 4.01. The van der Waals surface area contributed by atoms with Crippen LogP contribution in [0.5, 0.6) is 5.75 Å². The van der Waals surface area contributed by atoms with Gasteiger partial charge in [0.05, 0.1) is 6.61 Å². The Balaban J connectivity index is 2.46. The van der Waals surface area contributed by atoms with Gasteiger partial charge in [-0.15, -0.1) is 0 Å². The topological polar surface area (TPSA) is 76.0 Å². The molecule has 2 N–H and O–H groups in total. The van der Waals surface area contributed by atoms with Crippen LogP contribution in [0.4, 0.5) is 0 Å². The minimum absolute atomic E-state index is 0.0305. The summed E-state index contributed by atoms with van der Waals surface area (Å²) in [5.74, 6) is -0.491. The van der Waals surface area contributed by atoms with E-state index >= 15 is 0 Å². The van der Waals surface area contributed by atoms with Crippen molar-refractivity contribution in [2.24, 2.45) is 0 Å². The molecule has 0 saturated heterocycles. The largest absolute Gasteiger partial charge is 0.487 e. The Morgan fingerprint density at radius 3 is 2.75 bits per heavy atom. The average Bonchev–Trinajstić information content (AvgIpc) is 2.37. The van der Waals surface area contributed by atoms with E-state index in [0.29, 0.717) is 17.7 Å². The third-order valence-electron chi connectivity index (χ3n) is 3.38. The number of carboxylic acid groups (broad SMARTS) is 1. The summed E-state index contributed by atoms with van der Waals surface area (Å²) >= 11 is 0. The van der Waals surface area contributed by atoms with Crippen molar-refractivity contribution in [3.8, 4) is 5.75 Å². The highest BCUT2D eigenvalue weighted by Crippen LogP contribution is 2.46. The van der Waals surface area contributed by atoms with E-state index in [1.165, 1.54) is 0 Å². The van der Waals surface area contributed by atoms with Gasteiger partial charge < -0.3 is 19.7 Å². The molecule has 0 amide bonds. The molecule has 0 aliphatic carbocycles. The van der Waals surface area contributed by atoms with Crippen LogP contribution in [0.15, 0.2) is 24.3 Å². The predicted octanol–water partition coefficient (Wildman–Crippen LogP) is 1.93. The second-order valence-corrected chi connectivity index (χ2v) is 5.59. The van der Waals surface area contributed by atoms with Crippen LogP contribution >= 0.6 is 0 Å². The molecule has 1 aromatic rings. The van der Waals surface area contributed by atoms with Crippen molar-refractivity contribution in [1.29, 1.82) is 0 Å². The zero-order valence-electron chi connectivity index (χ0n) is 11.8. The molecule has 0 saturated carbocycles. The van der Waals surface area contributed by atoms with Crippen LogP contribution in [0, 0.1) is 0 Å².